The van der Waals surface area contributed by atoms with Crippen molar-refractivity contribution in [3.8, 4) is 0 Å². The summed E-state index contributed by atoms with van der Waals surface area (Å²) in [5.41, 5.74) is 2.01. The van der Waals surface area contributed by atoms with E-state index in [9.17, 15) is 4.79 Å². The normalized spacial score (nSPS) is 10.2. The average Bonchev–Trinajstić information content (AvgIpc) is 2.33. The number of aryl methyl sites for hydroxylation is 1. The molecule has 0 aliphatic rings. The highest BCUT2D eigenvalue weighted by Crippen LogP contribution is 2.17. The average molecular weight is 326 g/mol. The van der Waals surface area contributed by atoms with E-state index in [1.165, 1.54) is 0 Å². The number of amides is 1. The Morgan fingerprint density at radius 2 is 1.89 bits per heavy atom. The first-order valence-corrected chi connectivity index (χ1v) is 6.43. The monoisotopic (exact) mass is 324 g/mol. The zero-order valence-corrected chi connectivity index (χ0v) is 11.9. The molecule has 1 N–H and O–H groups in total. The molecule has 0 unspecified atom stereocenters. The van der Waals surface area contributed by atoms with Crippen LogP contribution in [0.1, 0.15) is 16.1 Å². The zero-order chi connectivity index (χ0) is 13.1. The highest BCUT2D eigenvalue weighted by atomic mass is 79.9. The second kappa shape index (κ2) is 5.50. The molecule has 92 valence electrons. The third-order valence-electron chi connectivity index (χ3n) is 2.41. The number of carbonyl (C=O) groups is 1. The number of rotatable bonds is 2. The first-order chi connectivity index (χ1) is 8.56. The van der Waals surface area contributed by atoms with E-state index >= 15 is 0 Å². The molecule has 0 saturated carbocycles. The third kappa shape index (κ3) is 3.09. The summed E-state index contributed by atoms with van der Waals surface area (Å²) in [6, 6.07) is 10.3. The van der Waals surface area contributed by atoms with Gasteiger partial charge >= 0.3 is 0 Å². The molecule has 0 atom stereocenters. The summed E-state index contributed by atoms with van der Waals surface area (Å²) in [6.45, 7) is 1.84. The molecule has 2 aromatic rings. The van der Waals surface area contributed by atoms with Crippen molar-refractivity contribution in [3.63, 3.8) is 0 Å². The predicted molar refractivity (Wildman–Crippen MR) is 76.1 cm³/mol. The molecule has 0 fully saturated rings. The van der Waals surface area contributed by atoms with E-state index in [4.69, 9.17) is 11.6 Å². The smallest absolute Gasteiger partial charge is 0.255 e. The summed E-state index contributed by atoms with van der Waals surface area (Å²) in [4.78, 5) is 16.2. The van der Waals surface area contributed by atoms with Crippen LogP contribution in [0, 0.1) is 6.92 Å². The quantitative estimate of drug-likeness (QED) is 0.846. The molecule has 2 rings (SSSR count). The maximum Gasteiger partial charge on any atom is 0.255 e. The molecular formula is C13H10BrClN2O. The number of carbonyl (C=O) groups excluding carboxylic acids is 1. The summed E-state index contributed by atoms with van der Waals surface area (Å²) in [7, 11) is 0. The molecule has 0 aliphatic heterocycles. The Kier molecular flexibility index (Phi) is 3.99. The Bertz CT molecular complexity index is 584. The van der Waals surface area contributed by atoms with Crippen LogP contribution in [0.5, 0.6) is 0 Å². The Labute approximate surface area is 118 Å². The van der Waals surface area contributed by atoms with Crippen LogP contribution < -0.4 is 5.32 Å². The molecule has 0 radical (unpaired) electrons. The minimum absolute atomic E-state index is 0.182. The van der Waals surface area contributed by atoms with Crippen molar-refractivity contribution in [1.29, 1.82) is 0 Å². The third-order valence-corrected chi connectivity index (χ3v) is 3.10. The number of benzene rings is 1. The summed E-state index contributed by atoms with van der Waals surface area (Å²) >= 11 is 9.05. The van der Waals surface area contributed by atoms with E-state index in [1.807, 2.05) is 6.92 Å². The molecule has 0 saturated heterocycles. The zero-order valence-electron chi connectivity index (χ0n) is 9.58. The minimum Gasteiger partial charge on any atom is -0.320 e. The van der Waals surface area contributed by atoms with E-state index < -0.39 is 0 Å². The van der Waals surface area contributed by atoms with Gasteiger partial charge in [0, 0.05) is 10.6 Å². The maximum atomic E-state index is 12.0. The molecule has 1 heterocycles. The lowest BCUT2D eigenvalue weighted by Gasteiger charge is -2.08. The van der Waals surface area contributed by atoms with E-state index in [1.54, 1.807) is 36.4 Å². The number of hydrogen-bond acceptors (Lipinski definition) is 2. The van der Waals surface area contributed by atoms with Gasteiger partial charge in [0.2, 0.25) is 0 Å². The van der Waals surface area contributed by atoms with Crippen LogP contribution in [0.4, 0.5) is 5.69 Å². The van der Waals surface area contributed by atoms with Gasteiger partial charge in [-0.25, -0.2) is 4.98 Å². The second-order valence-electron chi connectivity index (χ2n) is 3.73. The fourth-order valence-corrected chi connectivity index (χ4v) is 1.98. The summed E-state index contributed by atoms with van der Waals surface area (Å²) < 4.78 is 0.740. The van der Waals surface area contributed by atoms with E-state index in [0.29, 0.717) is 16.3 Å². The van der Waals surface area contributed by atoms with Crippen molar-refractivity contribution >= 4 is 39.1 Å². The van der Waals surface area contributed by atoms with Crippen LogP contribution in [-0.2, 0) is 0 Å². The number of nitrogens with one attached hydrogen (secondary N) is 1. The first-order valence-electron chi connectivity index (χ1n) is 5.26. The molecule has 18 heavy (non-hydrogen) atoms. The molecule has 0 spiro atoms. The molecule has 5 heteroatoms. The van der Waals surface area contributed by atoms with Crippen LogP contribution >= 0.6 is 27.5 Å². The van der Waals surface area contributed by atoms with Crippen molar-refractivity contribution in [2.75, 3.05) is 5.32 Å². The van der Waals surface area contributed by atoms with Crippen LogP contribution in [-0.4, -0.2) is 10.9 Å². The van der Waals surface area contributed by atoms with Gasteiger partial charge < -0.3 is 5.32 Å². The number of anilines is 1. The topological polar surface area (TPSA) is 42.0 Å². The van der Waals surface area contributed by atoms with Gasteiger partial charge in [0.25, 0.3) is 5.91 Å². The van der Waals surface area contributed by atoms with E-state index in [2.05, 4.69) is 26.2 Å². The number of halogens is 2. The van der Waals surface area contributed by atoms with Crippen LogP contribution in [0.3, 0.4) is 0 Å². The van der Waals surface area contributed by atoms with Gasteiger partial charge in [-0.2, -0.15) is 0 Å². The van der Waals surface area contributed by atoms with Gasteiger partial charge in [0.1, 0.15) is 4.60 Å². The Balaban J connectivity index is 2.18. The van der Waals surface area contributed by atoms with Crippen molar-refractivity contribution in [2.45, 2.75) is 6.92 Å². The molecular weight excluding hydrogens is 316 g/mol. The molecule has 1 aromatic heterocycles. The van der Waals surface area contributed by atoms with Gasteiger partial charge in [-0.05, 0) is 59.3 Å². The van der Waals surface area contributed by atoms with Gasteiger partial charge in [-0.15, -0.1) is 0 Å². The Morgan fingerprint density at radius 3 is 2.50 bits per heavy atom. The Morgan fingerprint density at radius 1 is 1.22 bits per heavy atom. The summed E-state index contributed by atoms with van der Waals surface area (Å²) in [6.07, 6.45) is 0. The number of aromatic nitrogens is 1. The van der Waals surface area contributed by atoms with Crippen molar-refractivity contribution in [3.05, 3.63) is 57.3 Å². The van der Waals surface area contributed by atoms with Gasteiger partial charge in [0.05, 0.1) is 11.4 Å². The minimum atomic E-state index is -0.182. The number of nitrogens with zero attached hydrogens (tertiary/aromatic N) is 1. The highest BCUT2D eigenvalue weighted by Gasteiger charge is 2.08. The maximum absolute atomic E-state index is 12.0. The molecule has 0 aliphatic carbocycles. The summed E-state index contributed by atoms with van der Waals surface area (Å²) in [5.74, 6) is -0.182. The number of hydrogen-bond donors (Lipinski definition) is 1. The van der Waals surface area contributed by atoms with Gasteiger partial charge in [-0.3, -0.25) is 4.79 Å². The second-order valence-corrected chi connectivity index (χ2v) is 4.98. The fraction of sp³-hybridized carbons (Fsp3) is 0.0769. The van der Waals surface area contributed by atoms with Gasteiger partial charge in [0.15, 0.2) is 0 Å². The van der Waals surface area contributed by atoms with Crippen LogP contribution in [0.15, 0.2) is 41.0 Å². The van der Waals surface area contributed by atoms with Crippen molar-refractivity contribution in [1.82, 2.24) is 4.98 Å². The van der Waals surface area contributed by atoms with Crippen LogP contribution in [0.25, 0.3) is 0 Å². The lowest BCUT2D eigenvalue weighted by molar-refractivity contribution is 0.102. The highest BCUT2D eigenvalue weighted by molar-refractivity contribution is 9.10. The van der Waals surface area contributed by atoms with Crippen LogP contribution in [0.2, 0.25) is 5.02 Å². The SMILES string of the molecule is Cc1nc(Br)ccc1NC(=O)c1ccc(Cl)cc1. The van der Waals surface area contributed by atoms with Gasteiger partial charge in [-0.1, -0.05) is 11.6 Å². The standard InChI is InChI=1S/C13H10BrClN2O/c1-8-11(6-7-12(14)16-8)17-13(18)9-2-4-10(15)5-3-9/h2-7H,1H3,(H,17,18). The number of pyridine rings is 1. The largest absolute Gasteiger partial charge is 0.320 e. The predicted octanol–water partition coefficient (Wildman–Crippen LogP) is 4.06. The van der Waals surface area contributed by atoms with Crippen molar-refractivity contribution in [2.24, 2.45) is 0 Å². The summed E-state index contributed by atoms with van der Waals surface area (Å²) in [5, 5.41) is 3.41. The fourth-order valence-electron chi connectivity index (χ4n) is 1.46. The molecule has 0 bridgehead atoms. The van der Waals surface area contributed by atoms with E-state index in [0.717, 1.165) is 10.3 Å². The van der Waals surface area contributed by atoms with E-state index in [-0.39, 0.29) is 5.91 Å². The Hall–Kier alpha value is -1.39. The lowest BCUT2D eigenvalue weighted by atomic mass is 10.2. The molecule has 1 aromatic carbocycles. The molecule has 3 nitrogen and oxygen atoms in total. The first kappa shape index (κ1) is 13.1. The lowest BCUT2D eigenvalue weighted by Crippen LogP contribution is -2.13. The van der Waals surface area contributed by atoms with Crippen molar-refractivity contribution < 1.29 is 4.79 Å². The molecule has 1 amide bonds.